The molecule has 0 atom stereocenters. The topological polar surface area (TPSA) is 17.1 Å². The van der Waals surface area contributed by atoms with E-state index in [0.717, 1.165) is 5.56 Å². The van der Waals surface area contributed by atoms with Crippen molar-refractivity contribution in [1.82, 2.24) is 0 Å². The van der Waals surface area contributed by atoms with Crippen LogP contribution in [0.5, 0.6) is 0 Å². The number of hydrogen-bond donors (Lipinski definition) is 0. The molecular weight excluding hydrogens is 288 g/mol. The summed E-state index contributed by atoms with van der Waals surface area (Å²) in [4.78, 5) is 12.1. The second kappa shape index (κ2) is 6.18. The first-order valence-corrected chi connectivity index (χ1v) is 6.68. The van der Waals surface area contributed by atoms with E-state index in [1.807, 2.05) is 54.6 Å². The molecule has 0 fully saturated rings. The third-order valence-electron chi connectivity index (χ3n) is 2.48. The largest absolute Gasteiger partial charge is 0.289 e. The minimum absolute atomic E-state index is 0.0376. The van der Waals surface area contributed by atoms with E-state index < -0.39 is 0 Å². The lowest BCUT2D eigenvalue weighted by Crippen LogP contribution is -2.00. The molecule has 88 valence electrons. The molecule has 2 heteroatoms. The third-order valence-corrected chi connectivity index (χ3v) is 2.76. The molecule has 2 aromatic carbocycles. The van der Waals surface area contributed by atoms with Crippen LogP contribution < -0.4 is 0 Å². The number of carbonyl (C=O) groups excluding carboxylic acids is 1. The molecule has 0 saturated carbocycles. The van der Waals surface area contributed by atoms with Crippen LogP contribution in [-0.2, 0) is 0 Å². The molecule has 1 nitrogen and oxygen atoms in total. The van der Waals surface area contributed by atoms with Crippen molar-refractivity contribution in [2.45, 2.75) is 0 Å². The maximum absolute atomic E-state index is 12.1. The molecule has 18 heavy (non-hydrogen) atoms. The van der Waals surface area contributed by atoms with Gasteiger partial charge >= 0.3 is 0 Å². The fourth-order valence-electron chi connectivity index (χ4n) is 1.60. The molecule has 0 aliphatic rings. The molecule has 0 bridgehead atoms. The number of halogens is 1. The molecule has 2 rings (SSSR count). The summed E-state index contributed by atoms with van der Waals surface area (Å²) in [6.07, 6.45) is 0. The van der Waals surface area contributed by atoms with Gasteiger partial charge in [-0.05, 0) is 24.3 Å². The van der Waals surface area contributed by atoms with Crippen LogP contribution in [0.2, 0.25) is 0 Å². The SMILES string of the molecule is O=C(c1ccccc1)c1ccc(C#CCBr)cc1. The normalized spacial score (nSPS) is 9.39. The molecule has 0 N–H and O–H groups in total. The second-order valence-electron chi connectivity index (χ2n) is 3.71. The molecule has 0 saturated heterocycles. The first-order valence-electron chi connectivity index (χ1n) is 5.56. The highest BCUT2D eigenvalue weighted by atomic mass is 79.9. The number of alkyl halides is 1. The Morgan fingerprint density at radius 2 is 1.56 bits per heavy atom. The van der Waals surface area contributed by atoms with E-state index in [2.05, 4.69) is 27.8 Å². The van der Waals surface area contributed by atoms with Crippen LogP contribution in [0.15, 0.2) is 54.6 Å². The average Bonchev–Trinajstić information content (AvgIpc) is 2.46. The molecular formula is C16H11BrO. The standard InChI is InChI=1S/C16H11BrO/c17-12-4-5-13-8-10-15(11-9-13)16(18)14-6-2-1-3-7-14/h1-3,6-11H,12H2. The highest BCUT2D eigenvalue weighted by molar-refractivity contribution is 9.09. The van der Waals surface area contributed by atoms with Crippen LogP contribution in [0.4, 0.5) is 0 Å². The summed E-state index contributed by atoms with van der Waals surface area (Å²) in [5, 5.41) is 0.650. The predicted molar refractivity (Wildman–Crippen MR) is 77.0 cm³/mol. The van der Waals surface area contributed by atoms with Crippen molar-refractivity contribution in [2.24, 2.45) is 0 Å². The number of hydrogen-bond acceptors (Lipinski definition) is 1. The van der Waals surface area contributed by atoms with Crippen LogP contribution in [0.1, 0.15) is 21.5 Å². The molecule has 2 aromatic rings. The Hall–Kier alpha value is -1.85. The van der Waals surface area contributed by atoms with E-state index in [9.17, 15) is 4.79 Å². The van der Waals surface area contributed by atoms with Gasteiger partial charge in [0.2, 0.25) is 0 Å². The van der Waals surface area contributed by atoms with Gasteiger partial charge in [0.05, 0.1) is 5.33 Å². The first-order chi connectivity index (χ1) is 8.81. The van der Waals surface area contributed by atoms with Gasteiger partial charge in [-0.3, -0.25) is 4.79 Å². The van der Waals surface area contributed by atoms with Crippen molar-refractivity contribution in [1.29, 1.82) is 0 Å². The first kappa shape index (κ1) is 12.6. The van der Waals surface area contributed by atoms with Crippen LogP contribution >= 0.6 is 15.9 Å². The molecule has 0 amide bonds. The number of benzene rings is 2. The summed E-state index contributed by atoms with van der Waals surface area (Å²) >= 11 is 3.25. The Morgan fingerprint density at radius 1 is 0.944 bits per heavy atom. The fourth-order valence-corrected chi connectivity index (χ4v) is 1.74. The van der Waals surface area contributed by atoms with Gasteiger partial charge in [-0.15, -0.1) is 0 Å². The number of carbonyl (C=O) groups is 1. The van der Waals surface area contributed by atoms with Gasteiger partial charge in [-0.2, -0.15) is 0 Å². The van der Waals surface area contributed by atoms with Crippen molar-refractivity contribution in [3.63, 3.8) is 0 Å². The predicted octanol–water partition coefficient (Wildman–Crippen LogP) is 3.66. The lowest BCUT2D eigenvalue weighted by Gasteiger charge is -2.00. The van der Waals surface area contributed by atoms with Gasteiger partial charge in [0.25, 0.3) is 0 Å². The van der Waals surface area contributed by atoms with Crippen LogP contribution in [0.25, 0.3) is 0 Å². The van der Waals surface area contributed by atoms with Gasteiger partial charge in [-0.25, -0.2) is 0 Å². The maximum Gasteiger partial charge on any atom is 0.193 e. The maximum atomic E-state index is 12.1. The molecule has 0 aromatic heterocycles. The smallest absolute Gasteiger partial charge is 0.193 e. The van der Waals surface area contributed by atoms with E-state index in [0.29, 0.717) is 16.5 Å². The molecule has 0 aliphatic heterocycles. The van der Waals surface area contributed by atoms with Crippen molar-refractivity contribution in [2.75, 3.05) is 5.33 Å². The summed E-state index contributed by atoms with van der Waals surface area (Å²) in [7, 11) is 0. The fraction of sp³-hybridized carbons (Fsp3) is 0.0625. The zero-order valence-corrected chi connectivity index (χ0v) is 11.3. The summed E-state index contributed by atoms with van der Waals surface area (Å²) in [6.45, 7) is 0. The number of ketones is 1. The third kappa shape index (κ3) is 3.09. The van der Waals surface area contributed by atoms with E-state index in [1.165, 1.54) is 0 Å². The molecule has 0 spiro atoms. The van der Waals surface area contributed by atoms with Gasteiger partial charge in [0.1, 0.15) is 0 Å². The van der Waals surface area contributed by atoms with Crippen molar-refractivity contribution < 1.29 is 4.79 Å². The molecule has 0 unspecified atom stereocenters. The zero-order chi connectivity index (χ0) is 12.8. The summed E-state index contributed by atoms with van der Waals surface area (Å²) in [6, 6.07) is 16.6. The van der Waals surface area contributed by atoms with E-state index >= 15 is 0 Å². The van der Waals surface area contributed by atoms with E-state index in [1.54, 1.807) is 0 Å². The zero-order valence-electron chi connectivity index (χ0n) is 9.69. The Kier molecular flexibility index (Phi) is 4.33. The van der Waals surface area contributed by atoms with Crippen LogP contribution in [0.3, 0.4) is 0 Å². The summed E-state index contributed by atoms with van der Waals surface area (Å²) in [5.74, 6) is 5.96. The quantitative estimate of drug-likeness (QED) is 0.470. The lowest BCUT2D eigenvalue weighted by molar-refractivity contribution is 0.103. The van der Waals surface area contributed by atoms with Gasteiger partial charge in [-0.1, -0.05) is 58.1 Å². The Labute approximate surface area is 115 Å². The number of rotatable bonds is 2. The van der Waals surface area contributed by atoms with E-state index in [-0.39, 0.29) is 5.78 Å². The van der Waals surface area contributed by atoms with Gasteiger partial charge in [0.15, 0.2) is 5.78 Å². The molecule has 0 heterocycles. The Bertz CT molecular complexity index is 588. The van der Waals surface area contributed by atoms with Crippen LogP contribution in [0, 0.1) is 11.8 Å². The minimum Gasteiger partial charge on any atom is -0.289 e. The Balaban J connectivity index is 2.22. The Morgan fingerprint density at radius 3 is 2.17 bits per heavy atom. The summed E-state index contributed by atoms with van der Waals surface area (Å²) < 4.78 is 0. The van der Waals surface area contributed by atoms with Crippen molar-refractivity contribution >= 4 is 21.7 Å². The van der Waals surface area contributed by atoms with Crippen LogP contribution in [-0.4, -0.2) is 11.1 Å². The molecule has 0 radical (unpaired) electrons. The van der Waals surface area contributed by atoms with Crippen molar-refractivity contribution in [3.05, 3.63) is 71.3 Å². The van der Waals surface area contributed by atoms with E-state index in [4.69, 9.17) is 0 Å². The average molecular weight is 299 g/mol. The highest BCUT2D eigenvalue weighted by Gasteiger charge is 2.07. The van der Waals surface area contributed by atoms with Gasteiger partial charge < -0.3 is 0 Å². The van der Waals surface area contributed by atoms with Crippen molar-refractivity contribution in [3.8, 4) is 11.8 Å². The second-order valence-corrected chi connectivity index (χ2v) is 4.27. The minimum atomic E-state index is 0.0376. The highest BCUT2D eigenvalue weighted by Crippen LogP contribution is 2.10. The molecule has 0 aliphatic carbocycles. The lowest BCUT2D eigenvalue weighted by atomic mass is 10.0. The van der Waals surface area contributed by atoms with Gasteiger partial charge in [0, 0.05) is 16.7 Å². The monoisotopic (exact) mass is 298 g/mol. The summed E-state index contributed by atoms with van der Waals surface area (Å²) in [5.41, 5.74) is 2.31.